The Kier molecular flexibility index (Phi) is 7.12. The van der Waals surface area contributed by atoms with Crippen LogP contribution in [0.4, 0.5) is 13.2 Å². The molecule has 0 amide bonds. The van der Waals surface area contributed by atoms with Gasteiger partial charge in [-0.15, -0.1) is 12.4 Å². The van der Waals surface area contributed by atoms with E-state index in [1.54, 1.807) is 18.2 Å². The molecule has 1 aromatic rings. The Bertz CT molecular complexity index is 403. The lowest BCUT2D eigenvalue weighted by Crippen LogP contribution is -2.45. The minimum atomic E-state index is -2.90. The van der Waals surface area contributed by atoms with Gasteiger partial charge in [0.25, 0.3) is 0 Å². The maximum Gasteiger partial charge on any atom is 0.387 e. The van der Waals surface area contributed by atoms with E-state index >= 15 is 0 Å². The third-order valence-corrected chi connectivity index (χ3v) is 3.23. The Morgan fingerprint density at radius 2 is 1.85 bits per heavy atom. The summed E-state index contributed by atoms with van der Waals surface area (Å²) in [6.45, 7) is -0.592. The van der Waals surface area contributed by atoms with Gasteiger partial charge in [-0.3, -0.25) is 4.90 Å². The molecule has 1 heterocycles. The van der Waals surface area contributed by atoms with E-state index in [0.717, 1.165) is 13.1 Å². The Balaban J connectivity index is 0.00000200. The number of halogens is 4. The lowest BCUT2D eigenvalue weighted by Gasteiger charge is -2.34. The van der Waals surface area contributed by atoms with Crippen molar-refractivity contribution in [1.29, 1.82) is 0 Å². The molecule has 1 aliphatic rings. The second-order valence-electron chi connectivity index (χ2n) is 4.37. The summed E-state index contributed by atoms with van der Waals surface area (Å²) in [6.07, 6.45) is 0. The average Bonchev–Trinajstić information content (AvgIpc) is 2.42. The summed E-state index contributed by atoms with van der Waals surface area (Å²) in [5, 5.41) is 3.18. The van der Waals surface area contributed by atoms with Crippen molar-refractivity contribution in [3.05, 3.63) is 29.8 Å². The van der Waals surface area contributed by atoms with Gasteiger partial charge in [-0.1, -0.05) is 18.2 Å². The molecule has 0 radical (unpaired) electrons. The fraction of sp³-hybridized carbons (Fsp3) is 0.538. The molecule has 3 nitrogen and oxygen atoms in total. The van der Waals surface area contributed by atoms with E-state index in [4.69, 9.17) is 0 Å². The van der Waals surface area contributed by atoms with Crippen molar-refractivity contribution in [2.45, 2.75) is 12.7 Å². The van der Waals surface area contributed by atoms with Gasteiger partial charge in [0.1, 0.15) is 12.4 Å². The highest BCUT2D eigenvalue weighted by molar-refractivity contribution is 5.85. The van der Waals surface area contributed by atoms with Crippen LogP contribution >= 0.6 is 12.4 Å². The Labute approximate surface area is 122 Å². The number of ether oxygens (including phenoxy) is 1. The summed E-state index contributed by atoms with van der Waals surface area (Å²) in [6, 6.07) is 5.88. The van der Waals surface area contributed by atoms with E-state index < -0.39 is 19.3 Å². The van der Waals surface area contributed by atoms with Gasteiger partial charge >= 0.3 is 6.61 Å². The van der Waals surface area contributed by atoms with Crippen LogP contribution in [0.25, 0.3) is 0 Å². The van der Waals surface area contributed by atoms with E-state index in [1.807, 2.05) is 4.90 Å². The monoisotopic (exact) mass is 310 g/mol. The average molecular weight is 311 g/mol. The first-order chi connectivity index (χ1) is 9.22. The highest BCUT2D eigenvalue weighted by Gasteiger charge is 2.25. The Hall–Kier alpha value is -0.980. The second kappa shape index (κ2) is 8.34. The first-order valence-electron chi connectivity index (χ1n) is 6.27. The number of hydrogen-bond acceptors (Lipinski definition) is 3. The van der Waals surface area contributed by atoms with Gasteiger partial charge in [0.2, 0.25) is 0 Å². The van der Waals surface area contributed by atoms with Gasteiger partial charge in [0.15, 0.2) is 0 Å². The SMILES string of the molecule is Cl.FC[C@H](c1ccccc1OC(F)F)N1CCNCC1. The summed E-state index contributed by atoms with van der Waals surface area (Å²) >= 11 is 0. The van der Waals surface area contributed by atoms with Gasteiger partial charge in [0.05, 0.1) is 6.04 Å². The van der Waals surface area contributed by atoms with Crippen LogP contribution in [0.1, 0.15) is 11.6 Å². The zero-order valence-electron chi connectivity index (χ0n) is 10.9. The zero-order chi connectivity index (χ0) is 13.7. The molecule has 0 spiro atoms. The topological polar surface area (TPSA) is 24.5 Å². The highest BCUT2D eigenvalue weighted by atomic mass is 35.5. The number of benzene rings is 1. The van der Waals surface area contributed by atoms with Crippen molar-refractivity contribution in [2.75, 3.05) is 32.9 Å². The molecule has 0 bridgehead atoms. The van der Waals surface area contributed by atoms with E-state index in [1.165, 1.54) is 6.07 Å². The maximum atomic E-state index is 13.3. The van der Waals surface area contributed by atoms with Crippen LogP contribution in [0, 0.1) is 0 Å². The van der Waals surface area contributed by atoms with Gasteiger partial charge < -0.3 is 10.1 Å². The molecule has 7 heteroatoms. The van der Waals surface area contributed by atoms with Crippen LogP contribution in [0.5, 0.6) is 5.75 Å². The molecule has 114 valence electrons. The number of alkyl halides is 3. The molecule has 0 unspecified atom stereocenters. The van der Waals surface area contributed by atoms with E-state index in [9.17, 15) is 13.2 Å². The maximum absolute atomic E-state index is 13.3. The highest BCUT2D eigenvalue weighted by Crippen LogP contribution is 2.31. The number of nitrogens with one attached hydrogen (secondary N) is 1. The van der Waals surface area contributed by atoms with E-state index in [2.05, 4.69) is 10.1 Å². The lowest BCUT2D eigenvalue weighted by atomic mass is 10.0. The smallest absolute Gasteiger partial charge is 0.387 e. The quantitative estimate of drug-likeness (QED) is 0.905. The first kappa shape index (κ1) is 17.1. The Morgan fingerprint density at radius 1 is 1.20 bits per heavy atom. The van der Waals surface area contributed by atoms with Gasteiger partial charge in [-0.2, -0.15) is 8.78 Å². The zero-order valence-corrected chi connectivity index (χ0v) is 11.7. The summed E-state index contributed by atoms with van der Waals surface area (Å²) in [5.74, 6) is 0.0543. The van der Waals surface area contributed by atoms with Crippen molar-refractivity contribution < 1.29 is 17.9 Å². The summed E-state index contributed by atoms with van der Waals surface area (Å²) in [5.41, 5.74) is 0.479. The molecule has 1 aliphatic heterocycles. The fourth-order valence-corrected chi connectivity index (χ4v) is 2.33. The molecule has 1 aromatic carbocycles. The third-order valence-electron chi connectivity index (χ3n) is 3.23. The summed E-state index contributed by atoms with van der Waals surface area (Å²) < 4.78 is 42.6. The number of para-hydroxylation sites is 1. The van der Waals surface area contributed by atoms with Crippen molar-refractivity contribution in [3.63, 3.8) is 0 Å². The largest absolute Gasteiger partial charge is 0.434 e. The predicted octanol–water partition coefficient (Wildman–Crippen LogP) is 2.63. The number of rotatable bonds is 5. The van der Waals surface area contributed by atoms with Crippen LogP contribution in [-0.4, -0.2) is 44.4 Å². The van der Waals surface area contributed by atoms with Crippen molar-refractivity contribution in [2.24, 2.45) is 0 Å². The molecule has 2 rings (SSSR count). The van der Waals surface area contributed by atoms with Crippen LogP contribution in [0.15, 0.2) is 24.3 Å². The number of hydrogen-bond donors (Lipinski definition) is 1. The lowest BCUT2D eigenvalue weighted by molar-refractivity contribution is -0.0514. The molecule has 1 saturated heterocycles. The van der Waals surface area contributed by atoms with Crippen molar-refractivity contribution >= 4 is 12.4 Å². The van der Waals surface area contributed by atoms with Crippen LogP contribution in [0.2, 0.25) is 0 Å². The van der Waals surface area contributed by atoms with E-state index in [-0.39, 0.29) is 18.2 Å². The third kappa shape index (κ3) is 4.26. The molecule has 20 heavy (non-hydrogen) atoms. The molecule has 0 saturated carbocycles. The minimum absolute atomic E-state index is 0. The van der Waals surface area contributed by atoms with Crippen LogP contribution in [-0.2, 0) is 0 Å². The molecule has 1 fully saturated rings. The molecular weight excluding hydrogens is 293 g/mol. The van der Waals surface area contributed by atoms with Gasteiger partial charge in [0, 0.05) is 31.7 Å². The van der Waals surface area contributed by atoms with Gasteiger partial charge in [-0.05, 0) is 6.07 Å². The van der Waals surface area contributed by atoms with Crippen LogP contribution in [0.3, 0.4) is 0 Å². The molecule has 0 aliphatic carbocycles. The number of piperazine rings is 1. The van der Waals surface area contributed by atoms with Crippen molar-refractivity contribution in [3.8, 4) is 5.75 Å². The van der Waals surface area contributed by atoms with E-state index in [0.29, 0.717) is 18.7 Å². The van der Waals surface area contributed by atoms with Gasteiger partial charge in [-0.25, -0.2) is 4.39 Å². The molecule has 0 aromatic heterocycles. The Morgan fingerprint density at radius 3 is 2.45 bits per heavy atom. The van der Waals surface area contributed by atoms with Crippen molar-refractivity contribution in [1.82, 2.24) is 10.2 Å². The molecule has 1 atom stereocenters. The fourth-order valence-electron chi connectivity index (χ4n) is 2.33. The minimum Gasteiger partial charge on any atom is -0.434 e. The standard InChI is InChI=1S/C13H17F3N2O.ClH/c14-9-11(18-7-5-17-6-8-18)10-3-1-2-4-12(10)19-13(15)16;/h1-4,11,13,17H,5-9H2;1H/t11-;/m1./s1. The molecular formula is C13H18ClF3N2O. The summed E-state index contributed by atoms with van der Waals surface area (Å²) in [4.78, 5) is 1.95. The second-order valence-corrected chi connectivity index (χ2v) is 4.37. The first-order valence-corrected chi connectivity index (χ1v) is 6.27. The predicted molar refractivity (Wildman–Crippen MR) is 73.5 cm³/mol. The number of nitrogens with zero attached hydrogens (tertiary/aromatic N) is 1. The molecule has 1 N–H and O–H groups in total. The van der Waals surface area contributed by atoms with Crippen LogP contribution < -0.4 is 10.1 Å². The normalized spacial score (nSPS) is 17.6. The summed E-state index contributed by atoms with van der Waals surface area (Å²) in [7, 11) is 0.